The summed E-state index contributed by atoms with van der Waals surface area (Å²) < 4.78 is 5.58. The van der Waals surface area contributed by atoms with Crippen LogP contribution in [-0.2, 0) is 14.3 Å². The van der Waals surface area contributed by atoms with Crippen molar-refractivity contribution in [1.29, 1.82) is 0 Å². The van der Waals surface area contributed by atoms with Crippen LogP contribution in [-0.4, -0.2) is 54.2 Å². The van der Waals surface area contributed by atoms with Crippen molar-refractivity contribution in [1.82, 2.24) is 10.2 Å². The minimum absolute atomic E-state index is 0.0484. The summed E-state index contributed by atoms with van der Waals surface area (Å²) in [5.74, 6) is -2.00. The Hall–Kier alpha value is -3.35. The van der Waals surface area contributed by atoms with E-state index in [2.05, 4.69) is 29.6 Å². The molecule has 1 aliphatic rings. The Balaban J connectivity index is 1.64. The molecule has 182 valence electrons. The van der Waals surface area contributed by atoms with E-state index in [1.54, 1.807) is 0 Å². The predicted molar refractivity (Wildman–Crippen MR) is 131 cm³/mol. The molecule has 2 aromatic carbocycles. The molecule has 2 atom stereocenters. The fourth-order valence-electron chi connectivity index (χ4n) is 4.49. The molecule has 0 aromatic heterocycles. The lowest BCUT2D eigenvalue weighted by Gasteiger charge is -2.30. The molecular formula is C27H34N2O5. The maximum absolute atomic E-state index is 13.0. The number of nitrogens with one attached hydrogen (secondary N) is 1. The number of carboxylic acid groups (broad SMARTS) is 1. The number of nitrogens with zero attached hydrogens (tertiary/aromatic N) is 1. The van der Waals surface area contributed by atoms with Crippen molar-refractivity contribution in [2.45, 2.75) is 46.1 Å². The molecule has 3 rings (SSSR count). The number of carbonyl (C=O) groups excluding carboxylic acids is 2. The minimum Gasteiger partial charge on any atom is -0.480 e. The molecular weight excluding hydrogens is 432 g/mol. The van der Waals surface area contributed by atoms with Crippen LogP contribution in [0.1, 0.15) is 51.2 Å². The average molecular weight is 467 g/mol. The second kappa shape index (κ2) is 10.3. The lowest BCUT2D eigenvalue weighted by Crippen LogP contribution is -2.47. The minimum atomic E-state index is -1.07. The summed E-state index contributed by atoms with van der Waals surface area (Å²) in [5, 5.41) is 12.0. The average Bonchev–Trinajstić information content (AvgIpc) is 3.12. The van der Waals surface area contributed by atoms with Crippen LogP contribution in [0.4, 0.5) is 4.79 Å². The van der Waals surface area contributed by atoms with E-state index in [4.69, 9.17) is 4.74 Å². The zero-order valence-corrected chi connectivity index (χ0v) is 20.5. The number of hydrogen-bond acceptors (Lipinski definition) is 4. The SMILES string of the molecule is C[C@@H](C(=O)O)N(C)C(=O)C(CNC(=O)OCC1c2ccccc2-c2ccccc21)CC(C)(C)C. The van der Waals surface area contributed by atoms with Gasteiger partial charge in [-0.3, -0.25) is 4.79 Å². The highest BCUT2D eigenvalue weighted by Crippen LogP contribution is 2.44. The van der Waals surface area contributed by atoms with Gasteiger partial charge in [-0.15, -0.1) is 0 Å². The Morgan fingerprint density at radius 3 is 2.06 bits per heavy atom. The van der Waals surface area contributed by atoms with Crippen molar-refractivity contribution in [2.24, 2.45) is 11.3 Å². The molecule has 2 aromatic rings. The quantitative estimate of drug-likeness (QED) is 0.597. The molecule has 7 nitrogen and oxygen atoms in total. The van der Waals surface area contributed by atoms with Crippen molar-refractivity contribution in [3.05, 3.63) is 59.7 Å². The molecule has 1 aliphatic carbocycles. The van der Waals surface area contributed by atoms with Crippen molar-refractivity contribution < 1.29 is 24.2 Å². The summed E-state index contributed by atoms with van der Waals surface area (Å²) in [6, 6.07) is 15.3. The van der Waals surface area contributed by atoms with Crippen molar-refractivity contribution in [3.63, 3.8) is 0 Å². The highest BCUT2D eigenvalue weighted by molar-refractivity contribution is 5.85. The molecule has 0 fully saturated rings. The normalized spacial score (nSPS) is 14.5. The van der Waals surface area contributed by atoms with Crippen molar-refractivity contribution in [2.75, 3.05) is 20.2 Å². The topological polar surface area (TPSA) is 95.9 Å². The van der Waals surface area contributed by atoms with Crippen LogP contribution in [0.15, 0.2) is 48.5 Å². The number of amides is 2. The second-order valence-electron chi connectivity index (χ2n) is 10.1. The number of rotatable bonds is 8. The van der Waals surface area contributed by atoms with Crippen LogP contribution in [0.3, 0.4) is 0 Å². The lowest BCUT2D eigenvalue weighted by molar-refractivity contribution is -0.150. The van der Waals surface area contributed by atoms with Gasteiger partial charge in [0, 0.05) is 19.5 Å². The first-order valence-electron chi connectivity index (χ1n) is 11.6. The van der Waals surface area contributed by atoms with Crippen LogP contribution in [0.2, 0.25) is 0 Å². The molecule has 0 aliphatic heterocycles. The number of ether oxygens (including phenoxy) is 1. The molecule has 0 saturated heterocycles. The van der Waals surface area contributed by atoms with Gasteiger partial charge in [-0.25, -0.2) is 9.59 Å². The van der Waals surface area contributed by atoms with E-state index in [1.807, 2.05) is 45.0 Å². The molecule has 0 bridgehead atoms. The van der Waals surface area contributed by atoms with Gasteiger partial charge in [0.05, 0.1) is 5.92 Å². The van der Waals surface area contributed by atoms with E-state index in [9.17, 15) is 19.5 Å². The van der Waals surface area contributed by atoms with Crippen LogP contribution < -0.4 is 5.32 Å². The standard InChI is InChI=1S/C27H34N2O5/c1-17(25(31)32)29(5)24(30)18(14-27(2,3)4)15-28-26(33)34-16-23-21-12-8-6-10-19(21)20-11-7-9-13-22(20)23/h6-13,17-18,23H,14-16H2,1-5H3,(H,28,33)(H,31,32)/t17-,18?/m0/s1. The fourth-order valence-corrected chi connectivity index (χ4v) is 4.49. The van der Waals surface area contributed by atoms with Crippen LogP contribution in [0.25, 0.3) is 11.1 Å². The van der Waals surface area contributed by atoms with Crippen LogP contribution >= 0.6 is 0 Å². The Labute approximate surface area is 201 Å². The van der Waals surface area contributed by atoms with E-state index in [0.717, 1.165) is 22.3 Å². The molecule has 0 spiro atoms. The van der Waals surface area contributed by atoms with Gasteiger partial charge in [0.25, 0.3) is 0 Å². The zero-order chi connectivity index (χ0) is 25.0. The fraction of sp³-hybridized carbons (Fsp3) is 0.444. The third-order valence-electron chi connectivity index (χ3n) is 6.33. The molecule has 1 unspecified atom stereocenters. The summed E-state index contributed by atoms with van der Waals surface area (Å²) in [6.07, 6.45) is -0.103. The maximum atomic E-state index is 13.0. The molecule has 0 saturated carbocycles. The van der Waals surface area contributed by atoms with Gasteiger partial charge in [-0.1, -0.05) is 69.3 Å². The predicted octanol–water partition coefficient (Wildman–Crippen LogP) is 4.51. The molecule has 2 amide bonds. The van der Waals surface area contributed by atoms with Gasteiger partial charge < -0.3 is 20.1 Å². The number of likely N-dealkylation sites (N-methyl/N-ethyl adjacent to an activating group) is 1. The van der Waals surface area contributed by atoms with Crippen molar-refractivity contribution in [3.8, 4) is 11.1 Å². The Bertz CT molecular complexity index is 1010. The largest absolute Gasteiger partial charge is 0.480 e. The summed E-state index contributed by atoms with van der Waals surface area (Å²) in [5.41, 5.74) is 4.37. The Morgan fingerprint density at radius 2 is 1.56 bits per heavy atom. The summed E-state index contributed by atoms with van der Waals surface area (Å²) >= 11 is 0. The third kappa shape index (κ3) is 5.76. The number of fused-ring (bicyclic) bond motifs is 3. The Morgan fingerprint density at radius 1 is 1.03 bits per heavy atom. The molecule has 0 heterocycles. The van der Waals surface area contributed by atoms with E-state index >= 15 is 0 Å². The number of alkyl carbamates (subject to hydrolysis) is 1. The van der Waals surface area contributed by atoms with Gasteiger partial charge >= 0.3 is 12.1 Å². The third-order valence-corrected chi connectivity index (χ3v) is 6.33. The van der Waals surface area contributed by atoms with Crippen molar-refractivity contribution >= 4 is 18.0 Å². The molecule has 2 N–H and O–H groups in total. The summed E-state index contributed by atoms with van der Waals surface area (Å²) in [6.45, 7) is 7.73. The smallest absolute Gasteiger partial charge is 0.407 e. The van der Waals surface area contributed by atoms with E-state index < -0.39 is 24.0 Å². The summed E-state index contributed by atoms with van der Waals surface area (Å²) in [7, 11) is 1.48. The number of carbonyl (C=O) groups is 3. The van der Waals surface area contributed by atoms with E-state index in [1.165, 1.54) is 18.9 Å². The van der Waals surface area contributed by atoms with E-state index in [0.29, 0.717) is 6.42 Å². The van der Waals surface area contributed by atoms with Gasteiger partial charge in [0.15, 0.2) is 0 Å². The molecule has 34 heavy (non-hydrogen) atoms. The number of hydrogen-bond donors (Lipinski definition) is 2. The molecule has 0 radical (unpaired) electrons. The van der Waals surface area contributed by atoms with Gasteiger partial charge in [0.2, 0.25) is 5.91 Å². The first kappa shape index (κ1) is 25.3. The van der Waals surface area contributed by atoms with Crippen LogP contribution in [0.5, 0.6) is 0 Å². The Kier molecular flexibility index (Phi) is 7.64. The number of benzene rings is 2. The monoisotopic (exact) mass is 466 g/mol. The van der Waals surface area contributed by atoms with Crippen LogP contribution in [0, 0.1) is 11.3 Å². The lowest BCUT2D eigenvalue weighted by atomic mass is 9.84. The number of carboxylic acids is 1. The second-order valence-corrected chi connectivity index (χ2v) is 10.1. The maximum Gasteiger partial charge on any atom is 0.407 e. The van der Waals surface area contributed by atoms with Gasteiger partial charge in [-0.2, -0.15) is 0 Å². The number of aliphatic carboxylic acids is 1. The zero-order valence-electron chi connectivity index (χ0n) is 20.5. The highest BCUT2D eigenvalue weighted by atomic mass is 16.5. The summed E-state index contributed by atoms with van der Waals surface area (Å²) in [4.78, 5) is 38.1. The van der Waals surface area contributed by atoms with E-state index in [-0.39, 0.29) is 30.4 Å². The van der Waals surface area contributed by atoms with Gasteiger partial charge in [0.1, 0.15) is 12.6 Å². The first-order valence-corrected chi connectivity index (χ1v) is 11.6. The highest BCUT2D eigenvalue weighted by Gasteiger charge is 2.32. The molecule has 7 heteroatoms. The first-order chi connectivity index (χ1) is 16.0. The van der Waals surface area contributed by atoms with Gasteiger partial charge in [-0.05, 0) is 41.0 Å².